The van der Waals surface area contributed by atoms with Crippen LogP contribution in [0.3, 0.4) is 0 Å². The first-order chi connectivity index (χ1) is 13.1. The third-order valence-corrected chi connectivity index (χ3v) is 5.28. The Balaban J connectivity index is 2.03. The van der Waals surface area contributed by atoms with E-state index in [0.717, 1.165) is 35.0 Å². The molecular formula is C22H20N2O3. The number of hydrogen-bond acceptors (Lipinski definition) is 3. The third-order valence-electron chi connectivity index (χ3n) is 5.28. The summed E-state index contributed by atoms with van der Waals surface area (Å²) >= 11 is 0. The van der Waals surface area contributed by atoms with Crippen LogP contribution in [0.15, 0.2) is 60.2 Å². The van der Waals surface area contributed by atoms with Crippen molar-refractivity contribution < 1.29 is 9.72 Å². The van der Waals surface area contributed by atoms with E-state index in [2.05, 4.69) is 4.98 Å². The lowest BCUT2D eigenvalue weighted by atomic mass is 9.78. The van der Waals surface area contributed by atoms with Gasteiger partial charge in [0.25, 0.3) is 5.69 Å². The number of carbonyl (C=O) groups is 1. The van der Waals surface area contributed by atoms with Crippen molar-refractivity contribution in [3.8, 4) is 0 Å². The fraction of sp³-hybridized carbons (Fsp3) is 0.227. The van der Waals surface area contributed by atoms with E-state index in [0.29, 0.717) is 17.6 Å². The first-order valence-corrected chi connectivity index (χ1v) is 9.11. The molecule has 1 atom stereocenters. The largest absolute Gasteiger partial charge is 0.358 e. The number of nitro groups is 1. The second-order valence-electron chi connectivity index (χ2n) is 6.93. The maximum absolute atomic E-state index is 12.8. The number of hydrogen-bond donors (Lipinski definition) is 1. The summed E-state index contributed by atoms with van der Waals surface area (Å²) in [5, 5.41) is 12.7. The number of nitro benzene ring substituents is 1. The monoisotopic (exact) mass is 360 g/mol. The molecular weight excluding hydrogens is 340 g/mol. The molecule has 1 aromatic heterocycles. The second kappa shape index (κ2) is 6.83. The van der Waals surface area contributed by atoms with Gasteiger partial charge in [0, 0.05) is 46.1 Å². The number of H-pyrrole nitrogens is 1. The highest BCUT2D eigenvalue weighted by atomic mass is 16.6. The van der Waals surface area contributed by atoms with E-state index in [9.17, 15) is 14.9 Å². The van der Waals surface area contributed by atoms with Gasteiger partial charge in [0.2, 0.25) is 0 Å². The summed E-state index contributed by atoms with van der Waals surface area (Å²) in [5.41, 5.74) is 4.13. The zero-order valence-electron chi connectivity index (χ0n) is 15.1. The van der Waals surface area contributed by atoms with Gasteiger partial charge in [0.1, 0.15) is 0 Å². The molecule has 5 heteroatoms. The number of fused-ring (bicyclic) bond motifs is 1. The Morgan fingerprint density at radius 3 is 2.63 bits per heavy atom. The topological polar surface area (TPSA) is 76.0 Å². The summed E-state index contributed by atoms with van der Waals surface area (Å²) in [6, 6.07) is 14.6. The van der Waals surface area contributed by atoms with Crippen LogP contribution in [0.2, 0.25) is 0 Å². The molecule has 5 nitrogen and oxygen atoms in total. The smallest absolute Gasteiger partial charge is 0.273 e. The van der Waals surface area contributed by atoms with Crippen molar-refractivity contribution >= 4 is 22.4 Å². The first-order valence-electron chi connectivity index (χ1n) is 9.11. The fourth-order valence-corrected chi connectivity index (χ4v) is 4.10. The van der Waals surface area contributed by atoms with Gasteiger partial charge in [-0.1, -0.05) is 42.5 Å². The fourth-order valence-electron chi connectivity index (χ4n) is 4.10. The predicted molar refractivity (Wildman–Crippen MR) is 105 cm³/mol. The number of rotatable bonds is 4. The maximum Gasteiger partial charge on any atom is 0.273 e. The van der Waals surface area contributed by atoms with Gasteiger partial charge in [-0.2, -0.15) is 0 Å². The highest BCUT2D eigenvalue weighted by Gasteiger charge is 2.33. The summed E-state index contributed by atoms with van der Waals surface area (Å²) in [4.78, 5) is 27.5. The Hall–Kier alpha value is -3.21. The van der Waals surface area contributed by atoms with Gasteiger partial charge in [0.05, 0.1) is 4.92 Å². The van der Waals surface area contributed by atoms with Crippen LogP contribution in [0, 0.1) is 17.0 Å². The van der Waals surface area contributed by atoms with Crippen LogP contribution in [0.25, 0.3) is 10.9 Å². The van der Waals surface area contributed by atoms with E-state index in [1.807, 2.05) is 37.3 Å². The number of nitrogens with zero attached hydrogens (tertiary/aromatic N) is 1. The van der Waals surface area contributed by atoms with Crippen molar-refractivity contribution in [2.45, 2.75) is 32.1 Å². The number of Topliss-reactive ketones (excluding diaryl/α,β-unsaturated/α-hetero) is 1. The molecule has 0 amide bonds. The van der Waals surface area contributed by atoms with Gasteiger partial charge in [0.15, 0.2) is 5.78 Å². The molecule has 0 spiro atoms. The molecule has 0 fully saturated rings. The number of carbonyl (C=O) groups excluding carboxylic acids is 1. The van der Waals surface area contributed by atoms with Gasteiger partial charge in [-0.3, -0.25) is 14.9 Å². The number of aromatic amines is 1. The van der Waals surface area contributed by atoms with Gasteiger partial charge in [-0.05, 0) is 31.4 Å². The minimum Gasteiger partial charge on any atom is -0.358 e. The number of aryl methyl sites for hydroxylation is 1. The highest BCUT2D eigenvalue weighted by Crippen LogP contribution is 2.43. The molecule has 1 N–H and O–H groups in total. The molecule has 0 saturated heterocycles. The Morgan fingerprint density at radius 2 is 1.85 bits per heavy atom. The summed E-state index contributed by atoms with van der Waals surface area (Å²) in [7, 11) is 0. The first kappa shape index (κ1) is 17.2. The molecule has 1 aliphatic carbocycles. The summed E-state index contributed by atoms with van der Waals surface area (Å²) in [6.07, 6.45) is 4.11. The highest BCUT2D eigenvalue weighted by molar-refractivity contribution is 6.00. The number of benzene rings is 2. The van der Waals surface area contributed by atoms with Crippen LogP contribution < -0.4 is 0 Å². The Kier molecular flexibility index (Phi) is 4.36. The van der Waals surface area contributed by atoms with Crippen molar-refractivity contribution in [2.75, 3.05) is 0 Å². The number of allylic oxidation sites excluding steroid dienone is 2. The van der Waals surface area contributed by atoms with Crippen LogP contribution in [-0.4, -0.2) is 15.7 Å². The molecule has 1 aliphatic rings. The Labute approximate surface area is 156 Å². The molecule has 0 saturated carbocycles. The minimum absolute atomic E-state index is 0.0476. The van der Waals surface area contributed by atoms with Crippen molar-refractivity contribution in [1.29, 1.82) is 0 Å². The van der Waals surface area contributed by atoms with Gasteiger partial charge >= 0.3 is 0 Å². The third kappa shape index (κ3) is 2.95. The molecule has 136 valence electrons. The molecule has 4 rings (SSSR count). The molecule has 0 bridgehead atoms. The standard InChI is InChI=1S/C22H20N2O3/c1-14-21(15-8-2-5-11-18(15)23-14)22(17-10-4-7-13-20(17)25)16-9-3-6-12-19(16)24(26)27/h2-3,5-6,8-12,22-23H,4,7,13H2,1H3/t22-/m0/s1. The maximum atomic E-state index is 12.8. The Morgan fingerprint density at radius 1 is 1.11 bits per heavy atom. The molecule has 1 heterocycles. The number of aromatic nitrogens is 1. The normalized spacial score (nSPS) is 15.6. The SMILES string of the molecule is Cc1[nH]c2ccccc2c1[C@H](C1=CCCCC1=O)c1ccccc1[N+](=O)[O-]. The second-order valence-corrected chi connectivity index (χ2v) is 6.93. The van der Waals surface area contributed by atoms with Gasteiger partial charge < -0.3 is 4.98 Å². The lowest BCUT2D eigenvalue weighted by molar-refractivity contribution is -0.385. The minimum atomic E-state index is -0.449. The van der Waals surface area contributed by atoms with Crippen molar-refractivity contribution in [1.82, 2.24) is 4.98 Å². The van der Waals surface area contributed by atoms with E-state index in [-0.39, 0.29) is 16.4 Å². The van der Waals surface area contributed by atoms with E-state index < -0.39 is 5.92 Å². The zero-order chi connectivity index (χ0) is 19.0. The molecule has 2 aromatic carbocycles. The van der Waals surface area contributed by atoms with Crippen LogP contribution in [0.1, 0.15) is 42.0 Å². The van der Waals surface area contributed by atoms with Crippen molar-refractivity contribution in [2.24, 2.45) is 0 Å². The van der Waals surface area contributed by atoms with Crippen LogP contribution in [0.4, 0.5) is 5.69 Å². The van der Waals surface area contributed by atoms with E-state index in [1.54, 1.807) is 18.2 Å². The molecule has 0 unspecified atom stereocenters. The van der Waals surface area contributed by atoms with Gasteiger partial charge in [-0.15, -0.1) is 0 Å². The van der Waals surface area contributed by atoms with Crippen LogP contribution in [0.5, 0.6) is 0 Å². The van der Waals surface area contributed by atoms with Crippen molar-refractivity contribution in [3.05, 3.63) is 87.1 Å². The van der Waals surface area contributed by atoms with E-state index in [1.165, 1.54) is 6.07 Å². The predicted octanol–water partition coefficient (Wildman–Crippen LogP) is 5.20. The quantitative estimate of drug-likeness (QED) is 0.513. The average molecular weight is 360 g/mol. The molecule has 3 aromatic rings. The average Bonchev–Trinajstić information content (AvgIpc) is 3.00. The van der Waals surface area contributed by atoms with Crippen LogP contribution >= 0.6 is 0 Å². The van der Waals surface area contributed by atoms with Crippen LogP contribution in [-0.2, 0) is 4.79 Å². The molecule has 0 radical (unpaired) electrons. The lowest BCUT2D eigenvalue weighted by Crippen LogP contribution is -2.17. The number of nitrogens with one attached hydrogen (secondary N) is 1. The summed E-state index contributed by atoms with van der Waals surface area (Å²) in [5.74, 6) is -0.371. The number of ketones is 1. The van der Waals surface area contributed by atoms with E-state index >= 15 is 0 Å². The van der Waals surface area contributed by atoms with E-state index in [4.69, 9.17) is 0 Å². The van der Waals surface area contributed by atoms with Crippen molar-refractivity contribution in [3.63, 3.8) is 0 Å². The zero-order valence-corrected chi connectivity index (χ0v) is 15.1. The lowest BCUT2D eigenvalue weighted by Gasteiger charge is -2.23. The summed E-state index contributed by atoms with van der Waals surface area (Å²) in [6.45, 7) is 1.96. The number of para-hydroxylation sites is 2. The molecule has 27 heavy (non-hydrogen) atoms. The summed E-state index contributed by atoms with van der Waals surface area (Å²) < 4.78 is 0. The van der Waals surface area contributed by atoms with Gasteiger partial charge in [-0.25, -0.2) is 0 Å². The molecule has 0 aliphatic heterocycles. The Bertz CT molecular complexity index is 1080.